The van der Waals surface area contributed by atoms with Crippen LogP contribution in [0.2, 0.25) is 5.02 Å². The first-order valence-electron chi connectivity index (χ1n) is 5.99. The summed E-state index contributed by atoms with van der Waals surface area (Å²) in [7, 11) is 0. The molecule has 0 bridgehead atoms. The summed E-state index contributed by atoms with van der Waals surface area (Å²) < 4.78 is 13.6. The molecule has 0 atom stereocenters. The Balaban J connectivity index is 2.33. The molecule has 0 unspecified atom stereocenters. The molecule has 108 valence electrons. The van der Waals surface area contributed by atoms with E-state index in [1.165, 1.54) is 6.07 Å². The number of carbonyl (C=O) groups excluding carboxylic acids is 1. The molecule has 6 heteroatoms. The Hall–Kier alpha value is -2.40. The molecular formula is C15H11ClFNO3. The van der Waals surface area contributed by atoms with Gasteiger partial charge in [0.1, 0.15) is 5.82 Å². The highest BCUT2D eigenvalue weighted by Gasteiger charge is 2.15. The average molecular weight is 308 g/mol. The molecule has 0 saturated carbocycles. The standard InChI is InChI=1S/C15H11ClFNO3/c1-8-3-2-4-10(13(8)16)14(19)18-12-7-9(15(20)21)5-6-11(12)17/h2-7H,1H3,(H,18,19)(H,20,21). The van der Waals surface area contributed by atoms with Gasteiger partial charge in [0.2, 0.25) is 0 Å². The van der Waals surface area contributed by atoms with Gasteiger partial charge in [-0.2, -0.15) is 0 Å². The molecule has 0 saturated heterocycles. The molecule has 2 aromatic rings. The molecule has 1 amide bonds. The maximum absolute atomic E-state index is 13.6. The van der Waals surface area contributed by atoms with Crippen LogP contribution in [0.3, 0.4) is 0 Å². The molecule has 21 heavy (non-hydrogen) atoms. The van der Waals surface area contributed by atoms with Crippen molar-refractivity contribution in [1.29, 1.82) is 0 Å². The van der Waals surface area contributed by atoms with E-state index in [0.29, 0.717) is 5.56 Å². The Morgan fingerprint density at radius 2 is 1.95 bits per heavy atom. The van der Waals surface area contributed by atoms with Crippen molar-refractivity contribution < 1.29 is 19.1 Å². The Kier molecular flexibility index (Phi) is 4.23. The van der Waals surface area contributed by atoms with Crippen LogP contribution in [-0.4, -0.2) is 17.0 Å². The third kappa shape index (κ3) is 3.20. The fourth-order valence-electron chi connectivity index (χ4n) is 1.77. The number of carboxylic acids is 1. The lowest BCUT2D eigenvalue weighted by Gasteiger charge is -2.09. The van der Waals surface area contributed by atoms with Crippen LogP contribution in [0.4, 0.5) is 10.1 Å². The molecule has 0 spiro atoms. The molecule has 0 aliphatic carbocycles. The fraction of sp³-hybridized carbons (Fsp3) is 0.0667. The molecule has 0 aromatic heterocycles. The molecule has 0 fully saturated rings. The summed E-state index contributed by atoms with van der Waals surface area (Å²) >= 11 is 6.03. The minimum atomic E-state index is -1.21. The van der Waals surface area contributed by atoms with Crippen LogP contribution in [0.25, 0.3) is 0 Å². The van der Waals surface area contributed by atoms with E-state index in [4.69, 9.17) is 16.7 Å². The first-order chi connectivity index (χ1) is 9.90. The van der Waals surface area contributed by atoms with E-state index in [1.807, 2.05) is 0 Å². The Morgan fingerprint density at radius 3 is 2.62 bits per heavy atom. The van der Waals surface area contributed by atoms with Gasteiger partial charge in [-0.25, -0.2) is 9.18 Å². The molecule has 2 aromatic carbocycles. The van der Waals surface area contributed by atoms with Crippen molar-refractivity contribution in [2.24, 2.45) is 0 Å². The second kappa shape index (κ2) is 5.93. The van der Waals surface area contributed by atoms with Crippen LogP contribution < -0.4 is 5.32 Å². The number of benzene rings is 2. The van der Waals surface area contributed by atoms with Gasteiger partial charge in [0.25, 0.3) is 5.91 Å². The molecule has 0 aliphatic heterocycles. The zero-order valence-corrected chi connectivity index (χ0v) is 11.7. The third-order valence-electron chi connectivity index (χ3n) is 2.90. The summed E-state index contributed by atoms with van der Waals surface area (Å²) in [5, 5.41) is 11.5. The first kappa shape index (κ1) is 15.0. The number of aromatic carboxylic acids is 1. The van der Waals surface area contributed by atoms with Crippen LogP contribution in [0.5, 0.6) is 0 Å². The van der Waals surface area contributed by atoms with Gasteiger partial charge in [0.15, 0.2) is 0 Å². The van der Waals surface area contributed by atoms with E-state index in [9.17, 15) is 14.0 Å². The van der Waals surface area contributed by atoms with Crippen molar-refractivity contribution in [3.8, 4) is 0 Å². The van der Waals surface area contributed by atoms with Crippen molar-refractivity contribution in [3.63, 3.8) is 0 Å². The first-order valence-corrected chi connectivity index (χ1v) is 6.37. The number of carboxylic acid groups (broad SMARTS) is 1. The highest BCUT2D eigenvalue weighted by atomic mass is 35.5. The summed E-state index contributed by atoms with van der Waals surface area (Å²) in [6, 6.07) is 8.05. The quantitative estimate of drug-likeness (QED) is 0.907. The van der Waals surface area contributed by atoms with Crippen LogP contribution in [0.1, 0.15) is 26.3 Å². The van der Waals surface area contributed by atoms with E-state index >= 15 is 0 Å². The van der Waals surface area contributed by atoms with E-state index in [1.54, 1.807) is 19.1 Å². The largest absolute Gasteiger partial charge is 0.478 e. The number of aryl methyl sites for hydroxylation is 1. The highest BCUT2D eigenvalue weighted by molar-refractivity contribution is 6.35. The topological polar surface area (TPSA) is 66.4 Å². The van der Waals surface area contributed by atoms with Gasteiger partial charge in [-0.05, 0) is 36.8 Å². The predicted molar refractivity (Wildman–Crippen MR) is 77.5 cm³/mol. The van der Waals surface area contributed by atoms with Gasteiger partial charge < -0.3 is 10.4 Å². The minimum absolute atomic E-state index is 0.123. The summed E-state index contributed by atoms with van der Waals surface area (Å²) in [5.41, 5.74) is 0.570. The maximum Gasteiger partial charge on any atom is 0.335 e. The monoisotopic (exact) mass is 307 g/mol. The van der Waals surface area contributed by atoms with E-state index in [-0.39, 0.29) is 21.8 Å². The molecular weight excluding hydrogens is 297 g/mol. The predicted octanol–water partition coefficient (Wildman–Crippen LogP) is 3.74. The summed E-state index contributed by atoms with van der Waals surface area (Å²) in [4.78, 5) is 23.0. The zero-order valence-electron chi connectivity index (χ0n) is 11.0. The fourth-order valence-corrected chi connectivity index (χ4v) is 1.98. The number of nitrogens with one attached hydrogen (secondary N) is 1. The van der Waals surface area contributed by atoms with Gasteiger partial charge in [-0.1, -0.05) is 23.7 Å². The number of anilines is 1. The molecule has 0 aliphatic rings. The lowest BCUT2D eigenvalue weighted by atomic mass is 10.1. The van der Waals surface area contributed by atoms with Gasteiger partial charge in [0, 0.05) is 0 Å². The Labute approximate surface area is 125 Å². The molecule has 0 radical (unpaired) electrons. The van der Waals surface area contributed by atoms with Gasteiger partial charge in [-0.3, -0.25) is 4.79 Å². The number of amides is 1. The highest BCUT2D eigenvalue weighted by Crippen LogP contribution is 2.23. The van der Waals surface area contributed by atoms with Crippen molar-refractivity contribution in [1.82, 2.24) is 0 Å². The Bertz CT molecular complexity index is 731. The van der Waals surface area contributed by atoms with Crippen LogP contribution in [-0.2, 0) is 0 Å². The number of rotatable bonds is 3. The smallest absolute Gasteiger partial charge is 0.335 e. The lowest BCUT2D eigenvalue weighted by Crippen LogP contribution is -2.14. The van der Waals surface area contributed by atoms with E-state index < -0.39 is 17.7 Å². The van der Waals surface area contributed by atoms with Crippen molar-refractivity contribution in [3.05, 3.63) is 63.9 Å². The SMILES string of the molecule is Cc1cccc(C(=O)Nc2cc(C(=O)O)ccc2F)c1Cl. The molecule has 2 rings (SSSR count). The van der Waals surface area contributed by atoms with Crippen LogP contribution in [0, 0.1) is 12.7 Å². The minimum Gasteiger partial charge on any atom is -0.478 e. The van der Waals surface area contributed by atoms with Crippen molar-refractivity contribution in [2.45, 2.75) is 6.92 Å². The third-order valence-corrected chi connectivity index (χ3v) is 3.40. The normalized spacial score (nSPS) is 10.2. The maximum atomic E-state index is 13.6. The number of hydrogen-bond donors (Lipinski definition) is 2. The number of hydrogen-bond acceptors (Lipinski definition) is 2. The molecule has 4 nitrogen and oxygen atoms in total. The number of carbonyl (C=O) groups is 2. The second-order valence-corrected chi connectivity index (χ2v) is 4.77. The number of halogens is 2. The lowest BCUT2D eigenvalue weighted by molar-refractivity contribution is 0.0696. The summed E-state index contributed by atoms with van der Waals surface area (Å²) in [5.74, 6) is -2.54. The van der Waals surface area contributed by atoms with E-state index in [0.717, 1.165) is 18.2 Å². The van der Waals surface area contributed by atoms with Crippen molar-refractivity contribution in [2.75, 3.05) is 5.32 Å². The molecule has 0 heterocycles. The van der Waals surface area contributed by atoms with Crippen LogP contribution in [0.15, 0.2) is 36.4 Å². The van der Waals surface area contributed by atoms with Gasteiger partial charge in [-0.15, -0.1) is 0 Å². The van der Waals surface area contributed by atoms with Gasteiger partial charge >= 0.3 is 5.97 Å². The zero-order chi connectivity index (χ0) is 15.6. The average Bonchev–Trinajstić information content (AvgIpc) is 2.43. The Morgan fingerprint density at radius 1 is 1.24 bits per heavy atom. The summed E-state index contributed by atoms with van der Waals surface area (Å²) in [6.45, 7) is 1.74. The van der Waals surface area contributed by atoms with Gasteiger partial charge in [0.05, 0.1) is 21.8 Å². The summed E-state index contributed by atoms with van der Waals surface area (Å²) in [6.07, 6.45) is 0. The van der Waals surface area contributed by atoms with Crippen molar-refractivity contribution >= 4 is 29.2 Å². The van der Waals surface area contributed by atoms with Crippen LogP contribution >= 0.6 is 11.6 Å². The molecule has 2 N–H and O–H groups in total. The van der Waals surface area contributed by atoms with E-state index in [2.05, 4.69) is 5.32 Å². The second-order valence-electron chi connectivity index (χ2n) is 4.39.